The summed E-state index contributed by atoms with van der Waals surface area (Å²) in [6.45, 7) is 0.188. The molecule has 0 unspecified atom stereocenters. The van der Waals surface area contributed by atoms with Crippen LogP contribution >= 0.6 is 23.2 Å². The second kappa shape index (κ2) is 9.66. The van der Waals surface area contributed by atoms with Crippen LogP contribution in [0.3, 0.4) is 0 Å². The number of nitrogens with one attached hydrogen (secondary N) is 1. The predicted molar refractivity (Wildman–Crippen MR) is 139 cm³/mol. The zero-order chi connectivity index (χ0) is 24.5. The molecule has 0 saturated carbocycles. The Kier molecular flexibility index (Phi) is 6.43. The van der Waals surface area contributed by atoms with Crippen molar-refractivity contribution in [2.45, 2.75) is 16.3 Å². The highest BCUT2D eigenvalue weighted by atomic mass is 35.5. The fraction of sp³-hybridized carbons (Fsp3) is 0.0370. The average molecular weight is 521 g/mol. The summed E-state index contributed by atoms with van der Waals surface area (Å²) in [5.41, 5.74) is 2.32. The van der Waals surface area contributed by atoms with Gasteiger partial charge in [0.1, 0.15) is 0 Å². The van der Waals surface area contributed by atoms with E-state index in [1.54, 1.807) is 84.9 Å². The van der Waals surface area contributed by atoms with E-state index in [0.29, 0.717) is 42.3 Å². The maximum atomic E-state index is 13.7. The number of para-hydroxylation sites is 1. The van der Waals surface area contributed by atoms with Crippen molar-refractivity contribution in [3.63, 3.8) is 0 Å². The van der Waals surface area contributed by atoms with E-state index < -0.39 is 16.7 Å². The van der Waals surface area contributed by atoms with Crippen molar-refractivity contribution in [2.24, 2.45) is 0 Å². The van der Waals surface area contributed by atoms with Gasteiger partial charge >= 0.3 is 0 Å². The number of rotatable bonds is 4. The van der Waals surface area contributed by atoms with E-state index in [1.165, 1.54) is 4.90 Å². The topological polar surface area (TPSA) is 66.5 Å². The summed E-state index contributed by atoms with van der Waals surface area (Å²) in [7, 11) is -1.62. The number of fused-ring (bicyclic) bond motifs is 2. The molecule has 0 saturated heterocycles. The highest BCUT2D eigenvalue weighted by molar-refractivity contribution is 7.85. The first-order valence-corrected chi connectivity index (χ1v) is 12.6. The van der Waals surface area contributed by atoms with E-state index in [0.717, 1.165) is 5.56 Å². The Bertz CT molecular complexity index is 1510. The Labute approximate surface area is 214 Å². The number of hydrogen-bond donors (Lipinski definition) is 1. The number of benzene rings is 4. The van der Waals surface area contributed by atoms with Gasteiger partial charge in [-0.15, -0.1) is 0 Å². The summed E-state index contributed by atoms with van der Waals surface area (Å²) < 4.78 is 13.5. The van der Waals surface area contributed by atoms with Crippen LogP contribution in [0, 0.1) is 0 Å². The number of halogens is 2. The van der Waals surface area contributed by atoms with Gasteiger partial charge < -0.3 is 10.2 Å². The molecule has 0 spiro atoms. The molecule has 5 nitrogen and oxygen atoms in total. The lowest BCUT2D eigenvalue weighted by Gasteiger charge is -2.24. The minimum absolute atomic E-state index is 0.188. The number of anilines is 2. The molecule has 0 radical (unpaired) electrons. The van der Waals surface area contributed by atoms with Gasteiger partial charge in [-0.2, -0.15) is 0 Å². The molecule has 174 valence electrons. The van der Waals surface area contributed by atoms with Crippen molar-refractivity contribution in [3.05, 3.63) is 118 Å². The molecular weight excluding hydrogens is 503 g/mol. The van der Waals surface area contributed by atoms with Crippen LogP contribution in [0.5, 0.6) is 0 Å². The van der Waals surface area contributed by atoms with Gasteiger partial charge in [-0.05, 0) is 60.2 Å². The summed E-state index contributed by atoms with van der Waals surface area (Å²) >= 11 is 12.4. The third-order valence-corrected chi connectivity index (χ3v) is 7.69. The van der Waals surface area contributed by atoms with Crippen molar-refractivity contribution in [3.8, 4) is 0 Å². The molecule has 0 aliphatic carbocycles. The SMILES string of the molecule is O=C(Nc1ccccc1Cl)c1ccc2c(c1)N(Cc1cccc(Cl)c1)C(=O)c1ccccc1[S@@]2=O. The Morgan fingerprint density at radius 3 is 2.43 bits per heavy atom. The first kappa shape index (κ1) is 23.3. The Hall–Kier alpha value is -3.45. The number of carbonyl (C=O) groups excluding carboxylic acids is 2. The van der Waals surface area contributed by atoms with E-state index in [1.807, 2.05) is 6.07 Å². The van der Waals surface area contributed by atoms with Gasteiger partial charge in [0.05, 0.1) is 49.1 Å². The lowest BCUT2D eigenvalue weighted by Crippen LogP contribution is -2.30. The monoisotopic (exact) mass is 520 g/mol. The second-order valence-corrected chi connectivity index (χ2v) is 10.2. The predicted octanol–water partition coefficient (Wildman–Crippen LogP) is 6.57. The van der Waals surface area contributed by atoms with E-state index in [4.69, 9.17) is 23.2 Å². The zero-order valence-corrected chi connectivity index (χ0v) is 20.5. The molecule has 0 aromatic heterocycles. The van der Waals surface area contributed by atoms with Gasteiger partial charge in [-0.25, -0.2) is 4.21 Å². The third-order valence-electron chi connectivity index (χ3n) is 5.63. The number of amides is 2. The Morgan fingerprint density at radius 1 is 0.857 bits per heavy atom. The average Bonchev–Trinajstić information content (AvgIpc) is 2.95. The van der Waals surface area contributed by atoms with E-state index >= 15 is 0 Å². The van der Waals surface area contributed by atoms with Crippen LogP contribution in [-0.2, 0) is 17.3 Å². The molecule has 5 rings (SSSR count). The molecule has 35 heavy (non-hydrogen) atoms. The summed E-state index contributed by atoms with van der Waals surface area (Å²) in [5.74, 6) is -0.708. The molecule has 1 aliphatic rings. The van der Waals surface area contributed by atoms with Crippen LogP contribution in [0.4, 0.5) is 11.4 Å². The lowest BCUT2D eigenvalue weighted by atomic mass is 10.1. The summed E-state index contributed by atoms with van der Waals surface area (Å²) in [4.78, 5) is 29.2. The fourth-order valence-corrected chi connectivity index (χ4v) is 5.68. The summed E-state index contributed by atoms with van der Waals surface area (Å²) in [6, 6.07) is 25.8. The molecule has 1 aliphatic heterocycles. The quantitative estimate of drug-likeness (QED) is 0.330. The highest BCUT2D eigenvalue weighted by Crippen LogP contribution is 2.36. The molecule has 1 N–H and O–H groups in total. The van der Waals surface area contributed by atoms with Crippen LogP contribution in [-0.4, -0.2) is 16.0 Å². The van der Waals surface area contributed by atoms with E-state index in [2.05, 4.69) is 5.32 Å². The van der Waals surface area contributed by atoms with Crippen LogP contribution < -0.4 is 10.2 Å². The van der Waals surface area contributed by atoms with Gasteiger partial charge in [-0.1, -0.05) is 59.6 Å². The number of carbonyl (C=O) groups is 2. The molecule has 4 aromatic rings. The first-order chi connectivity index (χ1) is 16.9. The van der Waals surface area contributed by atoms with Crippen molar-refractivity contribution in [2.75, 3.05) is 10.2 Å². The zero-order valence-electron chi connectivity index (χ0n) is 18.2. The number of nitrogens with zero attached hydrogens (tertiary/aromatic N) is 1. The smallest absolute Gasteiger partial charge is 0.259 e. The summed E-state index contributed by atoms with van der Waals surface area (Å²) in [6.07, 6.45) is 0. The first-order valence-electron chi connectivity index (χ1n) is 10.7. The minimum atomic E-state index is -1.62. The number of hydrogen-bond acceptors (Lipinski definition) is 3. The highest BCUT2D eigenvalue weighted by Gasteiger charge is 2.31. The van der Waals surface area contributed by atoms with Gasteiger partial charge in [0, 0.05) is 10.6 Å². The molecule has 0 bridgehead atoms. The van der Waals surface area contributed by atoms with Gasteiger partial charge in [0.15, 0.2) is 0 Å². The molecular formula is C27H18Cl2N2O3S. The van der Waals surface area contributed by atoms with Crippen molar-refractivity contribution >= 4 is 57.2 Å². The normalized spacial score (nSPS) is 14.6. The third kappa shape index (κ3) is 4.60. The minimum Gasteiger partial charge on any atom is -0.321 e. The lowest BCUT2D eigenvalue weighted by molar-refractivity contribution is 0.0979. The maximum Gasteiger partial charge on any atom is 0.259 e. The van der Waals surface area contributed by atoms with Crippen LogP contribution in [0.1, 0.15) is 26.3 Å². The molecule has 1 heterocycles. The molecule has 0 fully saturated rings. The molecule has 2 amide bonds. The summed E-state index contributed by atoms with van der Waals surface area (Å²) in [5, 5.41) is 3.74. The van der Waals surface area contributed by atoms with Crippen LogP contribution in [0.25, 0.3) is 0 Å². The Morgan fingerprint density at radius 2 is 1.63 bits per heavy atom. The standard InChI is InChI=1S/C27H18Cl2N2O3S/c28-19-7-5-6-17(14-19)16-31-23-15-18(26(32)30-22-10-3-2-9-21(22)29)12-13-25(23)35(34)24-11-4-1-8-20(24)27(31)33/h1-15H,16H2,(H,30,32)/t35-/m0/s1. The van der Waals surface area contributed by atoms with Crippen LogP contribution in [0.2, 0.25) is 10.0 Å². The van der Waals surface area contributed by atoms with E-state index in [9.17, 15) is 13.8 Å². The van der Waals surface area contributed by atoms with Gasteiger partial charge in [-0.3, -0.25) is 9.59 Å². The van der Waals surface area contributed by atoms with E-state index in [-0.39, 0.29) is 12.5 Å². The fourth-order valence-electron chi connectivity index (χ4n) is 3.94. The van der Waals surface area contributed by atoms with Gasteiger partial charge in [0.25, 0.3) is 11.8 Å². The maximum absolute atomic E-state index is 13.7. The largest absolute Gasteiger partial charge is 0.321 e. The van der Waals surface area contributed by atoms with Crippen molar-refractivity contribution in [1.29, 1.82) is 0 Å². The Balaban J connectivity index is 1.61. The molecule has 4 aromatic carbocycles. The van der Waals surface area contributed by atoms with Crippen molar-refractivity contribution in [1.82, 2.24) is 0 Å². The second-order valence-electron chi connectivity index (χ2n) is 7.90. The molecule has 1 atom stereocenters. The van der Waals surface area contributed by atoms with Crippen LogP contribution in [0.15, 0.2) is 101 Å². The van der Waals surface area contributed by atoms with Crippen molar-refractivity contribution < 1.29 is 13.8 Å². The molecule has 8 heteroatoms. The van der Waals surface area contributed by atoms with Gasteiger partial charge in [0.2, 0.25) is 0 Å².